The first-order chi connectivity index (χ1) is 10.4. The fourth-order valence-electron chi connectivity index (χ4n) is 4.40. The molecule has 0 amide bonds. The Morgan fingerprint density at radius 2 is 1.76 bits per heavy atom. The molecule has 1 aromatic carbocycles. The van der Waals surface area contributed by atoms with Crippen molar-refractivity contribution in [2.45, 2.75) is 70.1 Å². The van der Waals surface area contributed by atoms with Gasteiger partial charge in [0.05, 0.1) is 0 Å². The SMILES string of the molecule is c1ccc(CN2CCCC3CCCC32)c(CNC2CC2)c1. The van der Waals surface area contributed by atoms with Crippen LogP contribution in [0.15, 0.2) is 24.3 Å². The Balaban J connectivity index is 1.45. The molecule has 2 atom stereocenters. The normalized spacial score (nSPS) is 29.5. The second-order valence-corrected chi connectivity index (χ2v) is 7.29. The van der Waals surface area contributed by atoms with Crippen LogP contribution < -0.4 is 5.32 Å². The van der Waals surface area contributed by atoms with Gasteiger partial charge in [-0.1, -0.05) is 30.7 Å². The maximum absolute atomic E-state index is 3.68. The predicted molar refractivity (Wildman–Crippen MR) is 87.1 cm³/mol. The van der Waals surface area contributed by atoms with Gasteiger partial charge in [-0.2, -0.15) is 0 Å². The van der Waals surface area contributed by atoms with E-state index in [1.165, 1.54) is 63.6 Å². The van der Waals surface area contributed by atoms with E-state index in [9.17, 15) is 0 Å². The van der Waals surface area contributed by atoms with Crippen LogP contribution in [0.1, 0.15) is 56.1 Å². The van der Waals surface area contributed by atoms with Gasteiger partial charge >= 0.3 is 0 Å². The third-order valence-electron chi connectivity index (χ3n) is 5.76. The van der Waals surface area contributed by atoms with Gasteiger partial charge in [-0.25, -0.2) is 0 Å². The molecule has 114 valence electrons. The molecule has 0 radical (unpaired) electrons. The first kappa shape index (κ1) is 13.8. The molecule has 2 unspecified atom stereocenters. The lowest BCUT2D eigenvalue weighted by Gasteiger charge is -2.38. The van der Waals surface area contributed by atoms with Gasteiger partial charge in [0.1, 0.15) is 0 Å². The van der Waals surface area contributed by atoms with E-state index in [1.54, 1.807) is 5.56 Å². The number of likely N-dealkylation sites (tertiary alicyclic amines) is 1. The van der Waals surface area contributed by atoms with E-state index >= 15 is 0 Å². The van der Waals surface area contributed by atoms with Crippen molar-refractivity contribution in [3.63, 3.8) is 0 Å². The molecule has 3 fully saturated rings. The zero-order chi connectivity index (χ0) is 14.1. The van der Waals surface area contributed by atoms with E-state index in [4.69, 9.17) is 0 Å². The number of hydrogen-bond donors (Lipinski definition) is 1. The number of hydrogen-bond acceptors (Lipinski definition) is 2. The zero-order valence-electron chi connectivity index (χ0n) is 13.1. The highest BCUT2D eigenvalue weighted by atomic mass is 15.2. The summed E-state index contributed by atoms with van der Waals surface area (Å²) in [6, 6.07) is 10.8. The molecule has 3 aliphatic rings. The minimum absolute atomic E-state index is 0.798. The first-order valence-electron chi connectivity index (χ1n) is 8.94. The zero-order valence-corrected chi connectivity index (χ0v) is 13.1. The van der Waals surface area contributed by atoms with Crippen molar-refractivity contribution in [2.75, 3.05) is 6.54 Å². The molecule has 0 aromatic heterocycles. The minimum Gasteiger partial charge on any atom is -0.310 e. The molecule has 1 heterocycles. The lowest BCUT2D eigenvalue weighted by molar-refractivity contribution is 0.105. The summed E-state index contributed by atoms with van der Waals surface area (Å²) in [5, 5.41) is 3.68. The van der Waals surface area contributed by atoms with Crippen LogP contribution in [0.2, 0.25) is 0 Å². The molecule has 1 saturated heterocycles. The quantitative estimate of drug-likeness (QED) is 0.887. The van der Waals surface area contributed by atoms with Crippen LogP contribution in [0.4, 0.5) is 0 Å². The van der Waals surface area contributed by atoms with E-state index < -0.39 is 0 Å². The van der Waals surface area contributed by atoms with Crippen LogP contribution in [-0.4, -0.2) is 23.5 Å². The summed E-state index contributed by atoms with van der Waals surface area (Å²) in [5.41, 5.74) is 3.07. The molecule has 4 rings (SSSR count). The van der Waals surface area contributed by atoms with Gasteiger partial charge in [-0.15, -0.1) is 0 Å². The maximum Gasteiger partial charge on any atom is 0.0240 e. The largest absolute Gasteiger partial charge is 0.310 e. The third kappa shape index (κ3) is 3.17. The highest BCUT2D eigenvalue weighted by Crippen LogP contribution is 2.37. The monoisotopic (exact) mass is 284 g/mol. The number of nitrogens with zero attached hydrogens (tertiary/aromatic N) is 1. The van der Waals surface area contributed by atoms with Gasteiger partial charge in [0, 0.05) is 25.2 Å². The van der Waals surface area contributed by atoms with Gasteiger partial charge in [0.25, 0.3) is 0 Å². The van der Waals surface area contributed by atoms with Crippen molar-refractivity contribution in [1.82, 2.24) is 10.2 Å². The van der Waals surface area contributed by atoms with Crippen LogP contribution in [0.25, 0.3) is 0 Å². The fraction of sp³-hybridized carbons (Fsp3) is 0.684. The van der Waals surface area contributed by atoms with Crippen LogP contribution in [0.3, 0.4) is 0 Å². The van der Waals surface area contributed by atoms with Gasteiger partial charge in [0.2, 0.25) is 0 Å². The lowest BCUT2D eigenvalue weighted by Crippen LogP contribution is -2.42. The molecule has 1 aliphatic heterocycles. The number of benzene rings is 1. The lowest BCUT2D eigenvalue weighted by atomic mass is 9.91. The summed E-state index contributed by atoms with van der Waals surface area (Å²) >= 11 is 0. The molecule has 21 heavy (non-hydrogen) atoms. The second kappa shape index (κ2) is 6.10. The topological polar surface area (TPSA) is 15.3 Å². The average molecular weight is 284 g/mol. The van der Waals surface area contributed by atoms with Gasteiger partial charge in [-0.3, -0.25) is 4.90 Å². The third-order valence-corrected chi connectivity index (χ3v) is 5.76. The number of nitrogens with one attached hydrogen (secondary N) is 1. The summed E-state index contributed by atoms with van der Waals surface area (Å²) in [6.07, 6.45) is 10.0. The fourth-order valence-corrected chi connectivity index (χ4v) is 4.40. The smallest absolute Gasteiger partial charge is 0.0240 e. The Morgan fingerprint density at radius 3 is 2.62 bits per heavy atom. The van der Waals surface area contributed by atoms with Crippen molar-refractivity contribution >= 4 is 0 Å². The van der Waals surface area contributed by atoms with Crippen molar-refractivity contribution in [2.24, 2.45) is 5.92 Å². The summed E-state index contributed by atoms with van der Waals surface area (Å²) < 4.78 is 0. The highest BCUT2D eigenvalue weighted by Gasteiger charge is 2.34. The van der Waals surface area contributed by atoms with Gasteiger partial charge < -0.3 is 5.32 Å². The minimum atomic E-state index is 0.798. The molecule has 2 aliphatic carbocycles. The van der Waals surface area contributed by atoms with Gasteiger partial charge in [0.15, 0.2) is 0 Å². The molecule has 2 heteroatoms. The van der Waals surface area contributed by atoms with E-state index in [-0.39, 0.29) is 0 Å². The van der Waals surface area contributed by atoms with E-state index in [2.05, 4.69) is 34.5 Å². The molecule has 1 N–H and O–H groups in total. The van der Waals surface area contributed by atoms with Crippen LogP contribution in [0, 0.1) is 5.92 Å². The summed E-state index contributed by atoms with van der Waals surface area (Å²) in [4.78, 5) is 2.79. The average Bonchev–Trinajstić information content (AvgIpc) is 3.21. The van der Waals surface area contributed by atoms with E-state index in [0.29, 0.717) is 0 Å². The Labute approximate surface area is 128 Å². The number of fused-ring (bicyclic) bond motifs is 1. The standard InChI is InChI=1S/C19H28N2/c1-2-6-17(16(5-1)13-20-18-10-11-18)14-21-12-4-8-15-7-3-9-19(15)21/h1-2,5-6,15,18-20H,3-4,7-14H2. The number of piperidine rings is 1. The molecule has 2 saturated carbocycles. The van der Waals surface area contributed by atoms with Crippen molar-refractivity contribution < 1.29 is 0 Å². The Hall–Kier alpha value is -0.860. The molecule has 2 nitrogen and oxygen atoms in total. The van der Waals surface area contributed by atoms with Crippen LogP contribution in [0.5, 0.6) is 0 Å². The van der Waals surface area contributed by atoms with E-state index in [0.717, 1.165) is 24.5 Å². The Morgan fingerprint density at radius 1 is 0.952 bits per heavy atom. The summed E-state index contributed by atoms with van der Waals surface area (Å²) in [7, 11) is 0. The van der Waals surface area contributed by atoms with Crippen molar-refractivity contribution in [3.8, 4) is 0 Å². The second-order valence-electron chi connectivity index (χ2n) is 7.29. The first-order valence-corrected chi connectivity index (χ1v) is 8.94. The Kier molecular flexibility index (Phi) is 4.00. The molecule has 1 aromatic rings. The van der Waals surface area contributed by atoms with Crippen LogP contribution >= 0.6 is 0 Å². The molecule has 0 spiro atoms. The van der Waals surface area contributed by atoms with Crippen molar-refractivity contribution in [3.05, 3.63) is 35.4 Å². The Bertz CT molecular complexity index is 480. The predicted octanol–water partition coefficient (Wildman–Crippen LogP) is 3.70. The molecule has 0 bridgehead atoms. The van der Waals surface area contributed by atoms with Crippen LogP contribution in [-0.2, 0) is 13.1 Å². The molecular weight excluding hydrogens is 256 g/mol. The summed E-state index contributed by atoms with van der Waals surface area (Å²) in [6.45, 7) is 3.54. The summed E-state index contributed by atoms with van der Waals surface area (Å²) in [5.74, 6) is 0.996. The highest BCUT2D eigenvalue weighted by molar-refractivity contribution is 5.27. The van der Waals surface area contributed by atoms with Crippen molar-refractivity contribution in [1.29, 1.82) is 0 Å². The van der Waals surface area contributed by atoms with Gasteiger partial charge in [-0.05, 0) is 62.1 Å². The van der Waals surface area contributed by atoms with E-state index in [1.807, 2.05) is 0 Å². The molecular formula is C19H28N2. The number of rotatable bonds is 5. The maximum atomic E-state index is 3.68.